The molecule has 2 heterocycles. The first-order chi connectivity index (χ1) is 9.60. The first-order valence-corrected chi connectivity index (χ1v) is 6.68. The second kappa shape index (κ2) is 6.38. The third-order valence-electron chi connectivity index (χ3n) is 3.05. The van der Waals surface area contributed by atoms with Crippen LogP contribution in [-0.4, -0.2) is 39.7 Å². The van der Waals surface area contributed by atoms with Crippen LogP contribution in [0.15, 0.2) is 24.5 Å². The Morgan fingerprint density at radius 1 is 1.55 bits per heavy atom. The summed E-state index contributed by atoms with van der Waals surface area (Å²) in [5, 5.41) is 14.2. The molecule has 0 radical (unpaired) electrons. The van der Waals surface area contributed by atoms with Crippen molar-refractivity contribution in [1.29, 1.82) is 0 Å². The smallest absolute Gasteiger partial charge is 0.315 e. The molecule has 0 bridgehead atoms. The lowest BCUT2D eigenvalue weighted by molar-refractivity contribution is 0.220. The van der Waals surface area contributed by atoms with Gasteiger partial charge in [-0.05, 0) is 25.5 Å². The Bertz CT molecular complexity index is 594. The lowest BCUT2D eigenvalue weighted by atomic mass is 10.3. The summed E-state index contributed by atoms with van der Waals surface area (Å²) in [6.45, 7) is 4.20. The predicted molar refractivity (Wildman–Crippen MR) is 76.7 cm³/mol. The maximum atomic E-state index is 11.5. The van der Waals surface area contributed by atoms with Crippen LogP contribution in [0.4, 0.5) is 4.79 Å². The number of fused-ring (bicyclic) bond motifs is 1. The van der Waals surface area contributed by atoms with Crippen molar-refractivity contribution in [3.63, 3.8) is 0 Å². The molecule has 0 aliphatic heterocycles. The summed E-state index contributed by atoms with van der Waals surface area (Å²) in [4.78, 5) is 16.0. The van der Waals surface area contributed by atoms with Crippen LogP contribution < -0.4 is 10.6 Å². The second-order valence-electron chi connectivity index (χ2n) is 4.89. The van der Waals surface area contributed by atoms with Gasteiger partial charge in [0, 0.05) is 25.4 Å². The molecule has 1 unspecified atom stereocenters. The number of hydrogen-bond acceptors (Lipinski definition) is 3. The highest BCUT2D eigenvalue weighted by Gasteiger charge is 2.06. The third-order valence-corrected chi connectivity index (χ3v) is 3.05. The largest absolute Gasteiger partial charge is 0.394 e. The molecule has 2 aromatic rings. The van der Waals surface area contributed by atoms with Crippen molar-refractivity contribution in [3.05, 3.63) is 35.8 Å². The van der Waals surface area contributed by atoms with Gasteiger partial charge in [0.1, 0.15) is 5.65 Å². The van der Waals surface area contributed by atoms with Gasteiger partial charge in [-0.25, -0.2) is 9.78 Å². The van der Waals surface area contributed by atoms with E-state index in [0.29, 0.717) is 13.0 Å². The number of pyridine rings is 1. The molecule has 1 atom stereocenters. The van der Waals surface area contributed by atoms with Crippen LogP contribution in [0.5, 0.6) is 0 Å². The van der Waals surface area contributed by atoms with Crippen LogP contribution >= 0.6 is 0 Å². The van der Waals surface area contributed by atoms with E-state index in [9.17, 15) is 4.79 Å². The summed E-state index contributed by atoms with van der Waals surface area (Å²) in [7, 11) is 0. The van der Waals surface area contributed by atoms with Gasteiger partial charge in [-0.2, -0.15) is 0 Å². The van der Waals surface area contributed by atoms with E-state index in [2.05, 4.69) is 15.6 Å². The zero-order valence-corrected chi connectivity index (χ0v) is 11.8. The number of nitrogens with zero attached hydrogens (tertiary/aromatic N) is 2. The van der Waals surface area contributed by atoms with Crippen LogP contribution in [0.3, 0.4) is 0 Å². The van der Waals surface area contributed by atoms with Gasteiger partial charge in [-0.3, -0.25) is 0 Å². The highest BCUT2D eigenvalue weighted by molar-refractivity contribution is 5.74. The van der Waals surface area contributed by atoms with Crippen molar-refractivity contribution in [2.75, 3.05) is 13.2 Å². The third kappa shape index (κ3) is 3.48. The van der Waals surface area contributed by atoms with E-state index in [0.717, 1.165) is 16.9 Å². The lowest BCUT2D eigenvalue weighted by Gasteiger charge is -2.11. The molecule has 0 fully saturated rings. The number of aliphatic hydroxyl groups excluding tert-OH is 1. The van der Waals surface area contributed by atoms with Crippen LogP contribution in [-0.2, 0) is 6.42 Å². The fourth-order valence-electron chi connectivity index (χ4n) is 1.95. The summed E-state index contributed by atoms with van der Waals surface area (Å²) in [5.41, 5.74) is 3.01. The molecule has 0 aliphatic carbocycles. The molecule has 0 aromatic carbocycles. The molecule has 0 saturated carbocycles. The number of nitrogens with one attached hydrogen (secondary N) is 2. The van der Waals surface area contributed by atoms with E-state index in [1.807, 2.05) is 35.9 Å². The van der Waals surface area contributed by atoms with Gasteiger partial charge in [0.25, 0.3) is 0 Å². The van der Waals surface area contributed by atoms with Crippen molar-refractivity contribution in [2.45, 2.75) is 26.3 Å². The molecule has 20 heavy (non-hydrogen) atoms. The first-order valence-electron chi connectivity index (χ1n) is 6.68. The number of aliphatic hydroxyl groups is 1. The monoisotopic (exact) mass is 276 g/mol. The minimum Gasteiger partial charge on any atom is -0.394 e. The number of carbonyl (C=O) groups is 1. The summed E-state index contributed by atoms with van der Waals surface area (Å²) in [5.74, 6) is 0. The Balaban J connectivity index is 1.87. The molecule has 2 rings (SSSR count). The van der Waals surface area contributed by atoms with Crippen molar-refractivity contribution < 1.29 is 9.90 Å². The first kappa shape index (κ1) is 14.3. The fourth-order valence-corrected chi connectivity index (χ4v) is 1.95. The van der Waals surface area contributed by atoms with Gasteiger partial charge in [-0.1, -0.05) is 6.07 Å². The number of rotatable bonds is 5. The molecule has 108 valence electrons. The van der Waals surface area contributed by atoms with Crippen LogP contribution in [0.25, 0.3) is 5.65 Å². The van der Waals surface area contributed by atoms with Crippen LogP contribution in [0.2, 0.25) is 0 Å². The normalized spacial score (nSPS) is 12.3. The number of imidazole rings is 1. The van der Waals surface area contributed by atoms with E-state index in [4.69, 9.17) is 5.11 Å². The summed E-state index contributed by atoms with van der Waals surface area (Å²) < 4.78 is 1.98. The molecular formula is C14H20N4O2. The van der Waals surface area contributed by atoms with E-state index < -0.39 is 0 Å². The van der Waals surface area contributed by atoms with Gasteiger partial charge >= 0.3 is 6.03 Å². The molecule has 0 aliphatic rings. The number of carbonyl (C=O) groups excluding carboxylic acids is 1. The number of urea groups is 1. The molecule has 3 N–H and O–H groups in total. The van der Waals surface area contributed by atoms with Gasteiger partial charge in [-0.15, -0.1) is 0 Å². The molecule has 2 amide bonds. The zero-order valence-electron chi connectivity index (χ0n) is 11.8. The van der Waals surface area contributed by atoms with E-state index in [1.165, 1.54) is 0 Å². The highest BCUT2D eigenvalue weighted by Crippen LogP contribution is 2.09. The molecule has 2 aromatic heterocycles. The van der Waals surface area contributed by atoms with E-state index >= 15 is 0 Å². The fraction of sp³-hybridized carbons (Fsp3) is 0.429. The van der Waals surface area contributed by atoms with Gasteiger partial charge in [0.05, 0.1) is 18.3 Å². The van der Waals surface area contributed by atoms with Crippen molar-refractivity contribution in [1.82, 2.24) is 20.0 Å². The Morgan fingerprint density at radius 2 is 2.35 bits per heavy atom. The summed E-state index contributed by atoms with van der Waals surface area (Å²) >= 11 is 0. The number of amides is 2. The Morgan fingerprint density at radius 3 is 3.05 bits per heavy atom. The predicted octanol–water partition coefficient (Wildman–Crippen LogP) is 0.865. The van der Waals surface area contributed by atoms with Crippen molar-refractivity contribution in [2.24, 2.45) is 0 Å². The second-order valence-corrected chi connectivity index (χ2v) is 4.89. The maximum Gasteiger partial charge on any atom is 0.315 e. The SMILES string of the molecule is Cc1cccn2cc(CCNC(=O)NC(C)CO)nc12. The van der Waals surface area contributed by atoms with Gasteiger partial charge in [0.15, 0.2) is 0 Å². The van der Waals surface area contributed by atoms with Crippen molar-refractivity contribution >= 4 is 11.7 Å². The quantitative estimate of drug-likeness (QED) is 0.758. The number of aryl methyl sites for hydroxylation is 1. The minimum absolute atomic E-state index is 0.0703. The molecule has 0 spiro atoms. The Kier molecular flexibility index (Phi) is 4.57. The Labute approximate surface area is 117 Å². The highest BCUT2D eigenvalue weighted by atomic mass is 16.3. The molecule has 0 saturated heterocycles. The molecular weight excluding hydrogens is 256 g/mol. The van der Waals surface area contributed by atoms with Crippen molar-refractivity contribution in [3.8, 4) is 0 Å². The Hall–Kier alpha value is -2.08. The average Bonchev–Trinajstić information content (AvgIpc) is 2.83. The molecule has 6 heteroatoms. The number of aromatic nitrogens is 2. The minimum atomic E-state index is -0.272. The van der Waals surface area contributed by atoms with Gasteiger partial charge < -0.3 is 20.1 Å². The summed E-state index contributed by atoms with van der Waals surface area (Å²) in [6, 6.07) is 3.49. The standard InChI is InChI=1S/C14H20N4O2/c1-10-4-3-7-18-8-12(17-13(10)18)5-6-15-14(20)16-11(2)9-19/h3-4,7-8,11,19H,5-6,9H2,1-2H3,(H2,15,16,20). The van der Waals surface area contributed by atoms with E-state index in [-0.39, 0.29) is 18.7 Å². The zero-order chi connectivity index (χ0) is 14.5. The topological polar surface area (TPSA) is 78.7 Å². The van der Waals surface area contributed by atoms with Crippen LogP contribution in [0, 0.1) is 6.92 Å². The van der Waals surface area contributed by atoms with Crippen LogP contribution in [0.1, 0.15) is 18.2 Å². The van der Waals surface area contributed by atoms with E-state index in [1.54, 1.807) is 6.92 Å². The summed E-state index contributed by atoms with van der Waals surface area (Å²) in [6.07, 6.45) is 4.60. The average molecular weight is 276 g/mol. The molecule has 6 nitrogen and oxygen atoms in total. The van der Waals surface area contributed by atoms with Gasteiger partial charge in [0.2, 0.25) is 0 Å². The maximum absolute atomic E-state index is 11.5. The number of hydrogen-bond donors (Lipinski definition) is 3. The lowest BCUT2D eigenvalue weighted by Crippen LogP contribution is -2.42.